The quantitative estimate of drug-likeness (QED) is 0.435. The van der Waals surface area contributed by atoms with E-state index >= 15 is 0 Å². The van der Waals surface area contributed by atoms with Gasteiger partial charge in [-0.3, -0.25) is 14.4 Å². The van der Waals surface area contributed by atoms with Crippen LogP contribution in [0.4, 0.5) is 0 Å². The van der Waals surface area contributed by atoms with Gasteiger partial charge in [-0.05, 0) is 23.5 Å². The van der Waals surface area contributed by atoms with Crippen LogP contribution in [0.3, 0.4) is 0 Å². The molecule has 192 valence electrons. The third kappa shape index (κ3) is 7.00. The summed E-state index contributed by atoms with van der Waals surface area (Å²) in [5.74, 6) is -1.20. The number of nitrogens with zero attached hydrogens (tertiary/aromatic N) is 2. The number of rotatable bonds is 7. The number of nitrogens with one attached hydrogen (secondary N) is 2. The smallest absolute Gasteiger partial charge is 0.246 e. The van der Waals surface area contributed by atoms with Gasteiger partial charge >= 0.3 is 0 Å². The number of hydrogen-bond donors (Lipinski definition) is 4. The summed E-state index contributed by atoms with van der Waals surface area (Å²) in [6, 6.07) is 6.18. The molecule has 3 unspecified atom stereocenters. The molecular formula is C24H34ClN5O4S. The third-order valence-corrected chi connectivity index (χ3v) is 6.87. The van der Waals surface area contributed by atoms with Crippen molar-refractivity contribution in [2.45, 2.75) is 58.8 Å². The fourth-order valence-electron chi connectivity index (χ4n) is 4.00. The Hall–Kier alpha value is -2.53. The summed E-state index contributed by atoms with van der Waals surface area (Å²) in [5, 5.41) is 15.8. The summed E-state index contributed by atoms with van der Waals surface area (Å²) in [6.07, 6.45) is -0.671. The van der Waals surface area contributed by atoms with Gasteiger partial charge in [0.05, 0.1) is 28.7 Å². The third-order valence-electron chi connectivity index (χ3n) is 5.90. The largest absolute Gasteiger partial charge is 0.391 e. The maximum atomic E-state index is 13.3. The van der Waals surface area contributed by atoms with Crippen molar-refractivity contribution in [2.24, 2.45) is 11.1 Å². The number of halogens is 1. The van der Waals surface area contributed by atoms with Crippen molar-refractivity contribution in [1.29, 1.82) is 0 Å². The number of thiazole rings is 1. The van der Waals surface area contributed by atoms with Gasteiger partial charge in [-0.2, -0.15) is 0 Å². The SMILES string of the molecule is Cc1ncsc1-c1ccc(CNC(=O)C2CC(O)CN2C(=O)C(NC(=O)CN)C(C)(C)C)cc1.Cl. The number of aryl methyl sites for hydroxylation is 1. The number of nitrogens with two attached hydrogens (primary N) is 1. The maximum absolute atomic E-state index is 13.3. The Morgan fingerprint density at radius 2 is 1.91 bits per heavy atom. The second-order valence-corrected chi connectivity index (χ2v) is 10.5. The molecule has 11 heteroatoms. The molecule has 35 heavy (non-hydrogen) atoms. The highest BCUT2D eigenvalue weighted by Crippen LogP contribution is 2.28. The predicted molar refractivity (Wildman–Crippen MR) is 138 cm³/mol. The summed E-state index contributed by atoms with van der Waals surface area (Å²) in [5.41, 5.74) is 9.58. The summed E-state index contributed by atoms with van der Waals surface area (Å²) < 4.78 is 0. The molecule has 1 aromatic carbocycles. The number of benzene rings is 1. The number of likely N-dealkylation sites (tertiary alicyclic amines) is 1. The van der Waals surface area contributed by atoms with Crippen LogP contribution >= 0.6 is 23.7 Å². The van der Waals surface area contributed by atoms with E-state index in [9.17, 15) is 19.5 Å². The molecule has 0 spiro atoms. The maximum Gasteiger partial charge on any atom is 0.246 e. The van der Waals surface area contributed by atoms with Crippen LogP contribution in [-0.2, 0) is 20.9 Å². The highest BCUT2D eigenvalue weighted by Gasteiger charge is 2.44. The van der Waals surface area contributed by atoms with Crippen LogP contribution in [0.5, 0.6) is 0 Å². The van der Waals surface area contributed by atoms with Gasteiger partial charge in [0, 0.05) is 19.5 Å². The Balaban J connectivity index is 0.00000432. The van der Waals surface area contributed by atoms with E-state index in [2.05, 4.69) is 15.6 Å². The number of hydrogen-bond acceptors (Lipinski definition) is 7. The van der Waals surface area contributed by atoms with Crippen LogP contribution in [0, 0.1) is 12.3 Å². The topological polar surface area (TPSA) is 138 Å². The number of β-amino-alcohol motifs (C(OH)–C–C–N with tert-alkyl or cyclic N) is 1. The second kappa shape index (κ2) is 11.9. The molecule has 3 atom stereocenters. The molecule has 0 saturated carbocycles. The van der Waals surface area contributed by atoms with Gasteiger partial charge in [0.15, 0.2) is 0 Å². The number of aliphatic hydroxyl groups excluding tert-OH is 1. The Labute approximate surface area is 215 Å². The minimum Gasteiger partial charge on any atom is -0.391 e. The number of aromatic nitrogens is 1. The molecule has 1 aliphatic heterocycles. The number of carbonyl (C=O) groups is 3. The predicted octanol–water partition coefficient (Wildman–Crippen LogP) is 1.61. The van der Waals surface area contributed by atoms with Crippen LogP contribution in [0.2, 0.25) is 0 Å². The Bertz CT molecular complexity index is 1040. The van der Waals surface area contributed by atoms with Crippen molar-refractivity contribution in [1.82, 2.24) is 20.5 Å². The molecule has 1 saturated heterocycles. The second-order valence-electron chi connectivity index (χ2n) is 9.65. The summed E-state index contributed by atoms with van der Waals surface area (Å²) in [4.78, 5) is 45.0. The van der Waals surface area contributed by atoms with Crippen LogP contribution in [0.1, 0.15) is 38.4 Å². The van der Waals surface area contributed by atoms with Crippen molar-refractivity contribution in [2.75, 3.05) is 13.1 Å². The summed E-state index contributed by atoms with van der Waals surface area (Å²) in [7, 11) is 0. The zero-order valence-electron chi connectivity index (χ0n) is 20.4. The van der Waals surface area contributed by atoms with E-state index in [0.717, 1.165) is 21.7 Å². The van der Waals surface area contributed by atoms with Crippen LogP contribution in [0.25, 0.3) is 10.4 Å². The van der Waals surface area contributed by atoms with Crippen LogP contribution in [-0.4, -0.2) is 64.0 Å². The first-order valence-electron chi connectivity index (χ1n) is 11.3. The molecule has 0 bridgehead atoms. The molecule has 5 N–H and O–H groups in total. The normalized spacial score (nSPS) is 18.5. The highest BCUT2D eigenvalue weighted by molar-refractivity contribution is 7.13. The molecule has 1 aliphatic rings. The lowest BCUT2D eigenvalue weighted by Gasteiger charge is -2.35. The fraction of sp³-hybridized carbons (Fsp3) is 0.500. The first-order chi connectivity index (χ1) is 16.0. The van der Waals surface area contributed by atoms with E-state index in [4.69, 9.17) is 5.73 Å². The van der Waals surface area contributed by atoms with Gasteiger partial charge in [0.2, 0.25) is 17.7 Å². The average Bonchev–Trinajstić information content (AvgIpc) is 3.40. The summed E-state index contributed by atoms with van der Waals surface area (Å²) in [6.45, 7) is 7.53. The minimum absolute atomic E-state index is 0. The molecule has 1 aromatic heterocycles. The van der Waals surface area contributed by atoms with Crippen LogP contribution < -0.4 is 16.4 Å². The van der Waals surface area contributed by atoms with Gasteiger partial charge in [0.25, 0.3) is 0 Å². The lowest BCUT2D eigenvalue weighted by Crippen LogP contribution is -2.58. The summed E-state index contributed by atoms with van der Waals surface area (Å²) >= 11 is 1.58. The molecular weight excluding hydrogens is 490 g/mol. The van der Waals surface area contributed by atoms with E-state index in [-0.39, 0.29) is 37.8 Å². The first kappa shape index (κ1) is 28.7. The lowest BCUT2D eigenvalue weighted by molar-refractivity contribution is -0.143. The molecule has 9 nitrogen and oxygen atoms in total. The minimum atomic E-state index is -0.869. The molecule has 1 fully saturated rings. The van der Waals surface area contributed by atoms with Crippen molar-refractivity contribution >= 4 is 41.5 Å². The van der Waals surface area contributed by atoms with Gasteiger partial charge in [-0.15, -0.1) is 23.7 Å². The Kier molecular flexibility index (Phi) is 9.79. The molecule has 2 heterocycles. The molecule has 3 amide bonds. The molecule has 3 rings (SSSR count). The van der Waals surface area contributed by atoms with E-state index in [1.54, 1.807) is 11.3 Å². The van der Waals surface area contributed by atoms with E-state index in [0.29, 0.717) is 6.54 Å². The van der Waals surface area contributed by atoms with Gasteiger partial charge in [-0.25, -0.2) is 4.98 Å². The average molecular weight is 524 g/mol. The Morgan fingerprint density at radius 3 is 2.46 bits per heavy atom. The van der Waals surface area contributed by atoms with Crippen LogP contribution in [0.15, 0.2) is 29.8 Å². The van der Waals surface area contributed by atoms with E-state index < -0.39 is 35.4 Å². The molecule has 2 aromatic rings. The van der Waals surface area contributed by atoms with Gasteiger partial charge in [-0.1, -0.05) is 45.0 Å². The van der Waals surface area contributed by atoms with Crippen molar-refractivity contribution in [3.63, 3.8) is 0 Å². The van der Waals surface area contributed by atoms with Crippen molar-refractivity contribution in [3.05, 3.63) is 41.0 Å². The van der Waals surface area contributed by atoms with E-state index in [1.807, 2.05) is 57.5 Å². The van der Waals surface area contributed by atoms with Gasteiger partial charge in [0.1, 0.15) is 12.1 Å². The number of carbonyl (C=O) groups excluding carboxylic acids is 3. The fourth-order valence-corrected chi connectivity index (χ4v) is 4.81. The zero-order chi connectivity index (χ0) is 25.0. The monoisotopic (exact) mass is 523 g/mol. The Morgan fingerprint density at radius 1 is 1.26 bits per heavy atom. The first-order valence-corrected chi connectivity index (χ1v) is 12.1. The number of aliphatic hydroxyl groups is 1. The highest BCUT2D eigenvalue weighted by atomic mass is 35.5. The lowest BCUT2D eigenvalue weighted by atomic mass is 9.85. The van der Waals surface area contributed by atoms with Gasteiger partial charge < -0.3 is 26.4 Å². The zero-order valence-corrected chi connectivity index (χ0v) is 22.0. The molecule has 0 aliphatic carbocycles. The van der Waals surface area contributed by atoms with E-state index in [1.165, 1.54) is 4.90 Å². The van der Waals surface area contributed by atoms with Crippen molar-refractivity contribution < 1.29 is 19.5 Å². The van der Waals surface area contributed by atoms with Crippen molar-refractivity contribution in [3.8, 4) is 10.4 Å². The number of amides is 3. The standard InChI is InChI=1S/C24H33N5O4S.ClH/c1-14-20(34-13-27-14)16-7-5-15(6-8-16)11-26-22(32)18-9-17(30)12-29(18)23(33)21(24(2,3)4)28-19(31)10-25;/h5-8,13,17-18,21,30H,9-12,25H2,1-4H3,(H,26,32)(H,28,31);1H. The molecule has 0 radical (unpaired) electrons.